The number of carbonyl (C=O) groups is 2. The summed E-state index contributed by atoms with van der Waals surface area (Å²) in [6.45, 7) is -0.0658. The number of carboxylic acids is 1. The minimum absolute atomic E-state index is 0.0658. The number of nitrogens with one attached hydrogen (secondary N) is 1. The summed E-state index contributed by atoms with van der Waals surface area (Å²) in [5, 5.41) is 16.0. The van der Waals surface area contributed by atoms with Crippen molar-refractivity contribution < 1.29 is 19.4 Å². The second kappa shape index (κ2) is 7.40. The van der Waals surface area contributed by atoms with E-state index in [1.54, 1.807) is 17.9 Å². The topological polar surface area (TPSA) is 93.5 Å². The van der Waals surface area contributed by atoms with Crippen LogP contribution in [0.15, 0.2) is 6.20 Å². The minimum Gasteiger partial charge on any atom is -0.479 e. The van der Waals surface area contributed by atoms with Crippen molar-refractivity contribution in [2.24, 2.45) is 7.05 Å². The third-order valence-corrected chi connectivity index (χ3v) is 4.10. The van der Waals surface area contributed by atoms with Gasteiger partial charge in [-0.05, 0) is 12.8 Å². The average Bonchev–Trinajstić information content (AvgIpc) is 2.90. The van der Waals surface area contributed by atoms with Gasteiger partial charge in [-0.3, -0.25) is 9.48 Å². The summed E-state index contributed by atoms with van der Waals surface area (Å²) in [7, 11) is 3.10. The van der Waals surface area contributed by atoms with Crippen LogP contribution in [0.3, 0.4) is 0 Å². The Labute approximate surface area is 129 Å². The fraction of sp³-hybridized carbons (Fsp3) is 0.667. The first-order chi connectivity index (χ1) is 10.5. The quantitative estimate of drug-likeness (QED) is 0.826. The fourth-order valence-electron chi connectivity index (χ4n) is 2.91. The molecule has 1 saturated carbocycles. The van der Waals surface area contributed by atoms with E-state index < -0.39 is 12.1 Å². The molecule has 7 nitrogen and oxygen atoms in total. The van der Waals surface area contributed by atoms with Crippen LogP contribution in [0.5, 0.6) is 0 Å². The summed E-state index contributed by atoms with van der Waals surface area (Å²) in [6, 6.07) is 0. The SMILES string of the molecule is COC(CNC(=O)c1cn(C)nc1C1CCCCC1)C(=O)O. The van der Waals surface area contributed by atoms with Gasteiger partial charge in [0.15, 0.2) is 6.10 Å². The molecule has 0 spiro atoms. The molecule has 2 rings (SSSR count). The molecule has 1 aliphatic carbocycles. The lowest BCUT2D eigenvalue weighted by Gasteiger charge is -2.20. The van der Waals surface area contributed by atoms with Crippen molar-refractivity contribution in [1.29, 1.82) is 0 Å². The molecule has 122 valence electrons. The van der Waals surface area contributed by atoms with Crippen LogP contribution in [0, 0.1) is 0 Å². The highest BCUT2D eigenvalue weighted by molar-refractivity contribution is 5.95. The average molecular weight is 309 g/mol. The van der Waals surface area contributed by atoms with Crippen LogP contribution in [0.4, 0.5) is 0 Å². The van der Waals surface area contributed by atoms with E-state index in [0.717, 1.165) is 31.4 Å². The summed E-state index contributed by atoms with van der Waals surface area (Å²) in [4.78, 5) is 23.3. The van der Waals surface area contributed by atoms with Crippen LogP contribution in [0.25, 0.3) is 0 Å². The number of amides is 1. The minimum atomic E-state index is -1.10. The number of aliphatic carboxylic acids is 1. The van der Waals surface area contributed by atoms with E-state index >= 15 is 0 Å². The van der Waals surface area contributed by atoms with E-state index in [0.29, 0.717) is 11.5 Å². The van der Waals surface area contributed by atoms with E-state index in [9.17, 15) is 9.59 Å². The molecule has 0 aromatic carbocycles. The highest BCUT2D eigenvalue weighted by Crippen LogP contribution is 2.33. The smallest absolute Gasteiger partial charge is 0.334 e. The van der Waals surface area contributed by atoms with Gasteiger partial charge in [0, 0.05) is 26.3 Å². The first kappa shape index (κ1) is 16.5. The van der Waals surface area contributed by atoms with Gasteiger partial charge in [-0.15, -0.1) is 0 Å². The molecule has 0 saturated heterocycles. The Bertz CT molecular complexity index is 535. The van der Waals surface area contributed by atoms with Gasteiger partial charge in [-0.1, -0.05) is 19.3 Å². The first-order valence-corrected chi connectivity index (χ1v) is 7.60. The molecule has 1 heterocycles. The number of aryl methyl sites for hydroxylation is 1. The summed E-state index contributed by atoms with van der Waals surface area (Å²) >= 11 is 0. The molecule has 0 radical (unpaired) electrons. The number of nitrogens with zero attached hydrogens (tertiary/aromatic N) is 2. The van der Waals surface area contributed by atoms with Gasteiger partial charge in [0.2, 0.25) is 0 Å². The van der Waals surface area contributed by atoms with Crippen molar-refractivity contribution >= 4 is 11.9 Å². The highest BCUT2D eigenvalue weighted by Gasteiger charge is 2.26. The maximum Gasteiger partial charge on any atom is 0.334 e. The second-order valence-corrected chi connectivity index (χ2v) is 5.71. The molecule has 0 aliphatic heterocycles. The van der Waals surface area contributed by atoms with Crippen molar-refractivity contribution in [2.45, 2.75) is 44.1 Å². The molecular weight excluding hydrogens is 286 g/mol. The van der Waals surface area contributed by atoms with Crippen molar-refractivity contribution in [3.05, 3.63) is 17.5 Å². The van der Waals surface area contributed by atoms with E-state index in [-0.39, 0.29) is 12.5 Å². The Morgan fingerprint density at radius 2 is 2.14 bits per heavy atom. The van der Waals surface area contributed by atoms with E-state index in [4.69, 9.17) is 9.84 Å². The molecule has 0 bridgehead atoms. The Hall–Kier alpha value is -1.89. The number of ether oxygens (including phenoxy) is 1. The molecule has 22 heavy (non-hydrogen) atoms. The largest absolute Gasteiger partial charge is 0.479 e. The molecule has 1 fully saturated rings. The number of carboxylic acid groups (broad SMARTS) is 1. The lowest BCUT2D eigenvalue weighted by Crippen LogP contribution is -2.38. The van der Waals surface area contributed by atoms with E-state index in [1.165, 1.54) is 13.5 Å². The Kier molecular flexibility index (Phi) is 5.54. The Morgan fingerprint density at radius 3 is 2.73 bits per heavy atom. The maximum atomic E-state index is 12.4. The van der Waals surface area contributed by atoms with Crippen LogP contribution in [-0.4, -0.2) is 46.5 Å². The van der Waals surface area contributed by atoms with Gasteiger partial charge in [0.1, 0.15) is 0 Å². The van der Waals surface area contributed by atoms with Crippen molar-refractivity contribution in [3.8, 4) is 0 Å². The van der Waals surface area contributed by atoms with Crippen LogP contribution in [0.1, 0.15) is 54.1 Å². The van der Waals surface area contributed by atoms with E-state index in [2.05, 4.69) is 10.4 Å². The Balaban J connectivity index is 2.07. The number of methoxy groups -OCH3 is 1. The van der Waals surface area contributed by atoms with Crippen LogP contribution in [0.2, 0.25) is 0 Å². The molecule has 7 heteroatoms. The molecule has 1 atom stereocenters. The van der Waals surface area contributed by atoms with Gasteiger partial charge in [0.25, 0.3) is 5.91 Å². The predicted octanol–water partition coefficient (Wildman–Crippen LogP) is 1.30. The number of hydrogen-bond acceptors (Lipinski definition) is 4. The van der Waals surface area contributed by atoms with Crippen molar-refractivity contribution in [1.82, 2.24) is 15.1 Å². The second-order valence-electron chi connectivity index (χ2n) is 5.71. The molecular formula is C15H23N3O4. The van der Waals surface area contributed by atoms with Gasteiger partial charge < -0.3 is 15.2 Å². The monoisotopic (exact) mass is 309 g/mol. The summed E-state index contributed by atoms with van der Waals surface area (Å²) in [5.74, 6) is -1.08. The molecule has 1 aromatic heterocycles. The third kappa shape index (κ3) is 3.85. The van der Waals surface area contributed by atoms with Crippen LogP contribution >= 0.6 is 0 Å². The third-order valence-electron chi connectivity index (χ3n) is 4.10. The Morgan fingerprint density at radius 1 is 1.45 bits per heavy atom. The summed E-state index contributed by atoms with van der Waals surface area (Å²) in [6.07, 6.45) is 6.31. The molecule has 2 N–H and O–H groups in total. The van der Waals surface area contributed by atoms with Crippen LogP contribution in [-0.2, 0) is 16.6 Å². The zero-order valence-electron chi connectivity index (χ0n) is 13.0. The molecule has 1 aromatic rings. The molecule has 1 amide bonds. The molecule has 1 unspecified atom stereocenters. The predicted molar refractivity (Wildman–Crippen MR) is 79.8 cm³/mol. The van der Waals surface area contributed by atoms with Gasteiger partial charge in [0.05, 0.1) is 17.8 Å². The number of hydrogen-bond donors (Lipinski definition) is 2. The zero-order valence-corrected chi connectivity index (χ0v) is 13.0. The fourth-order valence-corrected chi connectivity index (χ4v) is 2.91. The number of rotatable bonds is 6. The highest BCUT2D eigenvalue weighted by atomic mass is 16.5. The van der Waals surface area contributed by atoms with Gasteiger partial charge >= 0.3 is 5.97 Å². The number of carbonyl (C=O) groups excluding carboxylic acids is 1. The standard InChI is InChI=1S/C15H23N3O4/c1-18-9-11(13(17-18)10-6-4-3-5-7-10)14(19)16-8-12(22-2)15(20)21/h9-10,12H,3-8H2,1-2H3,(H,16,19)(H,20,21). The van der Waals surface area contributed by atoms with Gasteiger partial charge in [-0.2, -0.15) is 5.10 Å². The normalized spacial score (nSPS) is 17.2. The van der Waals surface area contributed by atoms with Crippen molar-refractivity contribution in [3.63, 3.8) is 0 Å². The number of aromatic nitrogens is 2. The lowest BCUT2D eigenvalue weighted by atomic mass is 9.85. The first-order valence-electron chi connectivity index (χ1n) is 7.60. The van der Waals surface area contributed by atoms with E-state index in [1.807, 2.05) is 0 Å². The summed E-state index contributed by atoms with van der Waals surface area (Å²) < 4.78 is 6.46. The van der Waals surface area contributed by atoms with Crippen LogP contribution < -0.4 is 5.32 Å². The lowest BCUT2D eigenvalue weighted by molar-refractivity contribution is -0.148. The van der Waals surface area contributed by atoms with Crippen molar-refractivity contribution in [2.75, 3.05) is 13.7 Å². The summed E-state index contributed by atoms with van der Waals surface area (Å²) in [5.41, 5.74) is 1.36. The molecule has 1 aliphatic rings. The van der Waals surface area contributed by atoms with Gasteiger partial charge in [-0.25, -0.2) is 4.79 Å². The maximum absolute atomic E-state index is 12.4. The zero-order chi connectivity index (χ0) is 16.1.